The van der Waals surface area contributed by atoms with Crippen LogP contribution in [0.2, 0.25) is 0 Å². The lowest BCUT2D eigenvalue weighted by molar-refractivity contribution is 0.0977. The zero-order valence-electron chi connectivity index (χ0n) is 14.3. The summed E-state index contributed by atoms with van der Waals surface area (Å²) in [7, 11) is 0. The van der Waals surface area contributed by atoms with Gasteiger partial charge >= 0.3 is 0 Å². The van der Waals surface area contributed by atoms with Crippen LogP contribution < -0.4 is 0 Å². The summed E-state index contributed by atoms with van der Waals surface area (Å²) in [4.78, 5) is 27.4. The zero-order chi connectivity index (χ0) is 18.2. The number of pyridine rings is 2. The number of aromatic amines is 2. The van der Waals surface area contributed by atoms with Crippen LogP contribution in [0.5, 0.6) is 0 Å². The fraction of sp³-hybridized carbons (Fsp3) is 0.105. The summed E-state index contributed by atoms with van der Waals surface area (Å²) in [5.74, 6) is 0.0382. The normalized spacial score (nSPS) is 11.4. The Balaban J connectivity index is 1.41. The minimum atomic E-state index is 0.0382. The Morgan fingerprint density at radius 3 is 2.59 bits per heavy atom. The van der Waals surface area contributed by atoms with Crippen molar-refractivity contribution in [2.45, 2.75) is 13.0 Å². The average molecular weight is 357 g/mol. The van der Waals surface area contributed by atoms with Crippen LogP contribution in [0.4, 0.5) is 0 Å². The van der Waals surface area contributed by atoms with Crippen LogP contribution in [0.25, 0.3) is 33.3 Å². The van der Waals surface area contributed by atoms with E-state index in [1.165, 1.54) is 0 Å². The van der Waals surface area contributed by atoms with E-state index < -0.39 is 0 Å². The third kappa shape index (κ3) is 2.58. The van der Waals surface area contributed by atoms with Gasteiger partial charge in [0.15, 0.2) is 5.78 Å². The van der Waals surface area contributed by atoms with E-state index in [0.29, 0.717) is 24.2 Å². The van der Waals surface area contributed by atoms with E-state index in [1.54, 1.807) is 29.5 Å². The molecule has 5 heterocycles. The van der Waals surface area contributed by atoms with Crippen LogP contribution in [-0.2, 0) is 6.54 Å². The number of fused-ring (bicyclic) bond motifs is 2. The molecule has 0 aliphatic carbocycles. The molecule has 0 aliphatic rings. The maximum absolute atomic E-state index is 12.7. The lowest BCUT2D eigenvalue weighted by atomic mass is 10.1. The summed E-state index contributed by atoms with van der Waals surface area (Å²) >= 11 is 0. The number of nitrogens with one attached hydrogen (secondary N) is 2. The maximum Gasteiger partial charge on any atom is 0.166 e. The molecule has 27 heavy (non-hydrogen) atoms. The van der Waals surface area contributed by atoms with E-state index >= 15 is 0 Å². The lowest BCUT2D eigenvalue weighted by Gasteiger charge is -2.05. The Hall–Kier alpha value is -3.81. The first-order chi connectivity index (χ1) is 13.3. The molecule has 0 unspecified atom stereocenters. The molecular weight excluding hydrogens is 342 g/mol. The van der Waals surface area contributed by atoms with E-state index in [1.807, 2.05) is 30.5 Å². The van der Waals surface area contributed by atoms with Gasteiger partial charge in [0.2, 0.25) is 0 Å². The van der Waals surface area contributed by atoms with Gasteiger partial charge in [-0.3, -0.25) is 4.79 Å². The molecule has 0 aliphatic heterocycles. The van der Waals surface area contributed by atoms with E-state index in [0.717, 1.165) is 27.7 Å². The van der Waals surface area contributed by atoms with Crippen molar-refractivity contribution in [3.05, 3.63) is 60.8 Å². The zero-order valence-corrected chi connectivity index (χ0v) is 14.3. The molecule has 0 atom stereocenters. The fourth-order valence-electron chi connectivity index (χ4n) is 3.33. The number of H-pyrrole nitrogens is 2. The molecule has 5 aromatic rings. The molecule has 0 fully saturated rings. The van der Waals surface area contributed by atoms with Crippen molar-refractivity contribution < 1.29 is 4.79 Å². The van der Waals surface area contributed by atoms with Crippen molar-refractivity contribution in [2.24, 2.45) is 0 Å². The Bertz CT molecular complexity index is 1260. The first-order valence-corrected chi connectivity index (χ1v) is 8.57. The van der Waals surface area contributed by atoms with Crippen LogP contribution in [-0.4, -0.2) is 40.7 Å². The van der Waals surface area contributed by atoms with Crippen LogP contribution >= 0.6 is 0 Å². The second-order valence-corrected chi connectivity index (χ2v) is 6.22. The molecule has 0 amide bonds. The van der Waals surface area contributed by atoms with E-state index in [4.69, 9.17) is 0 Å². The number of rotatable bonds is 5. The minimum absolute atomic E-state index is 0.0382. The van der Waals surface area contributed by atoms with Gasteiger partial charge in [0, 0.05) is 53.1 Å². The summed E-state index contributed by atoms with van der Waals surface area (Å²) in [5, 5.41) is 10.0. The van der Waals surface area contributed by atoms with Gasteiger partial charge in [0.1, 0.15) is 11.3 Å². The van der Waals surface area contributed by atoms with E-state index in [9.17, 15) is 4.79 Å². The minimum Gasteiger partial charge on any atom is -0.345 e. The van der Waals surface area contributed by atoms with Crippen molar-refractivity contribution in [3.8, 4) is 11.3 Å². The lowest BCUT2D eigenvalue weighted by Crippen LogP contribution is -2.08. The van der Waals surface area contributed by atoms with Gasteiger partial charge in [-0.25, -0.2) is 14.6 Å². The second kappa shape index (κ2) is 6.17. The molecule has 0 bridgehead atoms. The van der Waals surface area contributed by atoms with Crippen LogP contribution in [0, 0.1) is 0 Å². The monoisotopic (exact) mass is 357 g/mol. The van der Waals surface area contributed by atoms with Gasteiger partial charge in [-0.05, 0) is 24.3 Å². The molecule has 5 aromatic heterocycles. The topological polar surface area (TPSA) is 105 Å². The van der Waals surface area contributed by atoms with Crippen molar-refractivity contribution >= 4 is 27.9 Å². The summed E-state index contributed by atoms with van der Waals surface area (Å²) in [6.45, 7) is 0.439. The number of aryl methyl sites for hydroxylation is 1. The summed E-state index contributed by atoms with van der Waals surface area (Å²) in [6, 6.07) is 7.61. The average Bonchev–Trinajstić information content (AvgIpc) is 3.43. The molecule has 0 radical (unpaired) electrons. The number of hydrogen-bond donors (Lipinski definition) is 2. The largest absolute Gasteiger partial charge is 0.345 e. The van der Waals surface area contributed by atoms with Gasteiger partial charge in [-0.2, -0.15) is 0 Å². The highest BCUT2D eigenvalue weighted by Crippen LogP contribution is 2.27. The first kappa shape index (κ1) is 15.4. The van der Waals surface area contributed by atoms with Crippen LogP contribution in [0.1, 0.15) is 16.8 Å². The Kier molecular flexibility index (Phi) is 3.53. The van der Waals surface area contributed by atoms with Crippen molar-refractivity contribution in [2.75, 3.05) is 0 Å². The molecule has 8 heteroatoms. The summed E-state index contributed by atoms with van der Waals surface area (Å²) < 4.78 is 1.75. The molecular formula is C19H15N7O. The maximum atomic E-state index is 12.7. The summed E-state index contributed by atoms with van der Waals surface area (Å²) in [5.41, 5.74) is 3.99. The SMILES string of the molecule is O=C(CCn1nncc1-c1c[nH]c2ncccc12)c1c[nH]c2ncccc12. The Labute approximate surface area is 153 Å². The Morgan fingerprint density at radius 2 is 1.74 bits per heavy atom. The molecule has 0 saturated heterocycles. The Morgan fingerprint density at radius 1 is 1.00 bits per heavy atom. The number of carbonyl (C=O) groups excluding carboxylic acids is 1. The van der Waals surface area contributed by atoms with Gasteiger partial charge in [0.25, 0.3) is 0 Å². The smallest absolute Gasteiger partial charge is 0.166 e. The van der Waals surface area contributed by atoms with E-state index in [-0.39, 0.29) is 5.78 Å². The van der Waals surface area contributed by atoms with Gasteiger partial charge in [-0.15, -0.1) is 5.10 Å². The third-order valence-corrected chi connectivity index (χ3v) is 4.65. The van der Waals surface area contributed by atoms with Crippen molar-refractivity contribution in [3.63, 3.8) is 0 Å². The number of aromatic nitrogens is 7. The highest BCUT2D eigenvalue weighted by molar-refractivity contribution is 6.07. The quantitative estimate of drug-likeness (QED) is 0.471. The number of Topliss-reactive ketones (excluding diaryl/α,β-unsaturated/α-hetero) is 1. The number of carbonyl (C=O) groups is 1. The highest BCUT2D eigenvalue weighted by atomic mass is 16.1. The number of nitrogens with zero attached hydrogens (tertiary/aromatic N) is 5. The number of ketones is 1. The fourth-order valence-corrected chi connectivity index (χ4v) is 3.33. The second-order valence-electron chi connectivity index (χ2n) is 6.22. The van der Waals surface area contributed by atoms with Gasteiger partial charge in [-0.1, -0.05) is 5.21 Å². The predicted octanol–water partition coefficient (Wildman–Crippen LogP) is 2.97. The standard InChI is InChI=1S/C19H15N7O/c27-17(15-10-23-19-13(15)4-2-7-21-19)5-8-26-16(11-24-25-26)14-9-22-18-12(14)3-1-6-20-18/h1-4,6-7,9-11H,5,8H2,(H,20,22)(H,21,23). The molecule has 132 valence electrons. The van der Waals surface area contributed by atoms with Crippen molar-refractivity contribution in [1.29, 1.82) is 0 Å². The number of hydrogen-bond acceptors (Lipinski definition) is 5. The predicted molar refractivity (Wildman–Crippen MR) is 100 cm³/mol. The van der Waals surface area contributed by atoms with Gasteiger partial charge in [0.05, 0.1) is 18.4 Å². The van der Waals surface area contributed by atoms with Gasteiger partial charge < -0.3 is 9.97 Å². The molecule has 5 rings (SSSR count). The first-order valence-electron chi connectivity index (χ1n) is 8.57. The van der Waals surface area contributed by atoms with Crippen molar-refractivity contribution in [1.82, 2.24) is 34.9 Å². The molecule has 0 saturated carbocycles. The molecule has 2 N–H and O–H groups in total. The molecule has 0 spiro atoms. The highest BCUT2D eigenvalue weighted by Gasteiger charge is 2.16. The van der Waals surface area contributed by atoms with Crippen LogP contribution in [0.15, 0.2) is 55.2 Å². The summed E-state index contributed by atoms with van der Waals surface area (Å²) in [6.07, 6.45) is 9.07. The van der Waals surface area contributed by atoms with Crippen LogP contribution in [0.3, 0.4) is 0 Å². The molecule has 8 nitrogen and oxygen atoms in total. The molecule has 0 aromatic carbocycles. The third-order valence-electron chi connectivity index (χ3n) is 4.65. The van der Waals surface area contributed by atoms with E-state index in [2.05, 4.69) is 30.2 Å².